The normalized spacial score (nSPS) is 11.7. The van der Waals surface area contributed by atoms with Crippen LogP contribution in [0.25, 0.3) is 43.5 Å². The topological polar surface area (TPSA) is 72.1 Å². The number of aliphatic hydroxyl groups is 2. The van der Waals surface area contributed by atoms with Crippen LogP contribution in [0, 0.1) is 0 Å². The van der Waals surface area contributed by atoms with Gasteiger partial charge in [-0.15, -0.1) is 0 Å². The molecule has 0 aliphatic rings. The van der Waals surface area contributed by atoms with E-state index in [1.54, 1.807) is 0 Å². The Balaban J connectivity index is 1.97. The zero-order chi connectivity index (χ0) is 19.8. The van der Waals surface area contributed by atoms with Crippen LogP contribution < -0.4 is 9.47 Å². The molecule has 0 unspecified atom stereocenters. The van der Waals surface area contributed by atoms with E-state index in [2.05, 4.69) is 12.1 Å². The van der Waals surface area contributed by atoms with Crippen LogP contribution in [0.5, 0.6) is 11.5 Å². The quantitative estimate of drug-likeness (QED) is 0.444. The Hall–Kier alpha value is -3.28. The van der Waals surface area contributed by atoms with Crippen molar-refractivity contribution in [2.24, 2.45) is 0 Å². The SMILES string of the molecule is OCCOc1cc2ccccc2c2c1oc1c(OCCO)cc3ccccc3c12. The van der Waals surface area contributed by atoms with Gasteiger partial charge in [-0.1, -0.05) is 48.5 Å². The Morgan fingerprint density at radius 1 is 0.655 bits per heavy atom. The largest absolute Gasteiger partial charge is 0.487 e. The van der Waals surface area contributed by atoms with Crippen molar-refractivity contribution in [3.05, 3.63) is 60.7 Å². The summed E-state index contributed by atoms with van der Waals surface area (Å²) < 4.78 is 17.9. The first-order chi connectivity index (χ1) is 14.3. The van der Waals surface area contributed by atoms with Crippen molar-refractivity contribution in [3.8, 4) is 11.5 Å². The van der Waals surface area contributed by atoms with Gasteiger partial charge < -0.3 is 24.1 Å². The van der Waals surface area contributed by atoms with Gasteiger partial charge in [0.25, 0.3) is 0 Å². The van der Waals surface area contributed by atoms with E-state index in [0.29, 0.717) is 22.7 Å². The number of benzene rings is 4. The molecular weight excluding hydrogens is 368 g/mol. The average Bonchev–Trinajstić information content (AvgIpc) is 3.17. The molecule has 1 aromatic heterocycles. The molecule has 0 saturated carbocycles. The third-order valence-corrected chi connectivity index (χ3v) is 5.09. The lowest BCUT2D eigenvalue weighted by molar-refractivity contribution is 0.200. The fourth-order valence-electron chi connectivity index (χ4n) is 3.93. The summed E-state index contributed by atoms with van der Waals surface area (Å²) in [6, 6.07) is 20.1. The van der Waals surface area contributed by atoms with Crippen molar-refractivity contribution in [1.82, 2.24) is 0 Å². The first kappa shape index (κ1) is 17.8. The van der Waals surface area contributed by atoms with E-state index in [1.807, 2.05) is 48.5 Å². The second kappa shape index (κ2) is 7.28. The smallest absolute Gasteiger partial charge is 0.178 e. The van der Waals surface area contributed by atoms with Gasteiger partial charge in [-0.05, 0) is 33.7 Å². The van der Waals surface area contributed by atoms with Gasteiger partial charge in [-0.3, -0.25) is 0 Å². The summed E-state index contributed by atoms with van der Waals surface area (Å²) in [5.41, 5.74) is 1.25. The molecule has 2 N–H and O–H groups in total. The number of fused-ring (bicyclic) bond motifs is 7. The van der Waals surface area contributed by atoms with E-state index in [1.165, 1.54) is 0 Å². The predicted molar refractivity (Wildman–Crippen MR) is 114 cm³/mol. The van der Waals surface area contributed by atoms with Gasteiger partial charge in [0.05, 0.1) is 13.2 Å². The molecule has 0 saturated heterocycles. The minimum atomic E-state index is -0.0810. The molecule has 0 radical (unpaired) electrons. The zero-order valence-electron chi connectivity index (χ0n) is 15.7. The lowest BCUT2D eigenvalue weighted by Crippen LogP contribution is -2.01. The van der Waals surface area contributed by atoms with Crippen molar-refractivity contribution < 1.29 is 24.1 Å². The van der Waals surface area contributed by atoms with Crippen LogP contribution in [0.3, 0.4) is 0 Å². The highest BCUT2D eigenvalue weighted by molar-refractivity contribution is 6.28. The summed E-state index contributed by atoms with van der Waals surface area (Å²) >= 11 is 0. The van der Waals surface area contributed by atoms with Crippen molar-refractivity contribution in [2.45, 2.75) is 0 Å². The second-order valence-electron chi connectivity index (χ2n) is 6.85. The van der Waals surface area contributed by atoms with Crippen LogP contribution in [0.2, 0.25) is 0 Å². The molecule has 5 heteroatoms. The maximum absolute atomic E-state index is 9.24. The predicted octanol–water partition coefficient (Wildman–Crippen LogP) is 4.63. The zero-order valence-corrected chi connectivity index (χ0v) is 15.7. The van der Waals surface area contributed by atoms with Crippen LogP contribution in [0.4, 0.5) is 0 Å². The molecule has 29 heavy (non-hydrogen) atoms. The molecule has 5 nitrogen and oxygen atoms in total. The van der Waals surface area contributed by atoms with Crippen LogP contribution in [-0.4, -0.2) is 36.6 Å². The molecule has 0 bridgehead atoms. The Morgan fingerprint density at radius 2 is 1.10 bits per heavy atom. The number of furan rings is 1. The molecule has 0 fully saturated rings. The summed E-state index contributed by atoms with van der Waals surface area (Å²) in [7, 11) is 0. The van der Waals surface area contributed by atoms with Gasteiger partial charge >= 0.3 is 0 Å². The first-order valence-corrected chi connectivity index (χ1v) is 9.59. The minimum Gasteiger partial charge on any atom is -0.487 e. The summed E-state index contributed by atoms with van der Waals surface area (Å²) in [5.74, 6) is 1.17. The van der Waals surface area contributed by atoms with E-state index in [-0.39, 0.29) is 26.4 Å². The van der Waals surface area contributed by atoms with Gasteiger partial charge in [0.2, 0.25) is 0 Å². The molecule has 5 rings (SSSR count). The van der Waals surface area contributed by atoms with Gasteiger partial charge in [0, 0.05) is 10.8 Å². The van der Waals surface area contributed by atoms with E-state index in [0.717, 1.165) is 32.3 Å². The van der Waals surface area contributed by atoms with Crippen molar-refractivity contribution in [1.29, 1.82) is 0 Å². The third kappa shape index (κ3) is 2.87. The lowest BCUT2D eigenvalue weighted by atomic mass is 9.99. The van der Waals surface area contributed by atoms with Crippen LogP contribution >= 0.6 is 0 Å². The summed E-state index contributed by atoms with van der Waals surface area (Å²) in [5, 5.41) is 24.6. The maximum atomic E-state index is 9.24. The minimum absolute atomic E-state index is 0.0810. The molecule has 0 aliphatic carbocycles. The molecule has 146 valence electrons. The molecular formula is C24H20O5. The lowest BCUT2D eigenvalue weighted by Gasteiger charge is -2.08. The summed E-state index contributed by atoms with van der Waals surface area (Å²) in [6.45, 7) is 0.197. The van der Waals surface area contributed by atoms with E-state index in [4.69, 9.17) is 13.9 Å². The van der Waals surface area contributed by atoms with Gasteiger partial charge in [0.1, 0.15) is 13.2 Å². The van der Waals surface area contributed by atoms with Gasteiger partial charge in [0.15, 0.2) is 22.7 Å². The number of hydrogen-bond donors (Lipinski definition) is 2. The number of ether oxygens (including phenoxy) is 2. The molecule has 0 spiro atoms. The van der Waals surface area contributed by atoms with Gasteiger partial charge in [-0.2, -0.15) is 0 Å². The van der Waals surface area contributed by atoms with E-state index < -0.39 is 0 Å². The number of rotatable bonds is 6. The highest BCUT2D eigenvalue weighted by Crippen LogP contribution is 2.46. The van der Waals surface area contributed by atoms with Crippen LogP contribution in [0.1, 0.15) is 0 Å². The molecule has 0 atom stereocenters. The standard InChI is InChI=1S/C24H20O5/c25-9-11-27-19-13-15-5-1-3-7-17(15)21-22-18-8-4-2-6-16(18)14-20(28-12-10-26)24(22)29-23(19)21/h1-8,13-14,25-26H,9-12H2. The maximum Gasteiger partial charge on any atom is 0.178 e. The molecule has 0 aliphatic heterocycles. The van der Waals surface area contributed by atoms with Crippen LogP contribution in [0.15, 0.2) is 65.1 Å². The number of aliphatic hydroxyl groups excluding tert-OH is 2. The second-order valence-corrected chi connectivity index (χ2v) is 6.85. The Morgan fingerprint density at radius 3 is 1.55 bits per heavy atom. The van der Waals surface area contributed by atoms with E-state index >= 15 is 0 Å². The summed E-state index contributed by atoms with van der Waals surface area (Å²) in [6.07, 6.45) is 0. The average molecular weight is 388 g/mol. The first-order valence-electron chi connectivity index (χ1n) is 9.59. The summed E-state index contributed by atoms with van der Waals surface area (Å²) in [4.78, 5) is 0. The highest BCUT2D eigenvalue weighted by atomic mass is 16.5. The number of hydrogen-bond acceptors (Lipinski definition) is 5. The molecule has 0 amide bonds. The molecule has 1 heterocycles. The van der Waals surface area contributed by atoms with Gasteiger partial charge in [-0.25, -0.2) is 0 Å². The van der Waals surface area contributed by atoms with Crippen molar-refractivity contribution in [3.63, 3.8) is 0 Å². The highest BCUT2D eigenvalue weighted by Gasteiger charge is 2.21. The Bertz CT molecular complexity index is 1230. The molecule has 4 aromatic carbocycles. The fourth-order valence-corrected chi connectivity index (χ4v) is 3.93. The van der Waals surface area contributed by atoms with Crippen molar-refractivity contribution >= 4 is 43.5 Å². The van der Waals surface area contributed by atoms with Crippen LogP contribution in [-0.2, 0) is 0 Å². The Labute approximate surface area is 166 Å². The molecule has 5 aromatic rings. The fraction of sp³-hybridized carbons (Fsp3) is 0.167. The monoisotopic (exact) mass is 388 g/mol. The van der Waals surface area contributed by atoms with E-state index in [9.17, 15) is 10.2 Å². The van der Waals surface area contributed by atoms with Crippen molar-refractivity contribution in [2.75, 3.05) is 26.4 Å². The third-order valence-electron chi connectivity index (χ3n) is 5.09. The Kier molecular flexibility index (Phi) is 4.46.